The topological polar surface area (TPSA) is 52.6 Å². The van der Waals surface area contributed by atoms with E-state index < -0.39 is 0 Å². The monoisotopic (exact) mass is 258 g/mol. The lowest BCUT2D eigenvalue weighted by molar-refractivity contribution is 0.0526. The highest BCUT2D eigenvalue weighted by Gasteiger charge is 2.22. The van der Waals surface area contributed by atoms with Crippen molar-refractivity contribution in [2.75, 3.05) is 6.61 Å². The van der Waals surface area contributed by atoms with E-state index in [-0.39, 0.29) is 5.97 Å². The van der Waals surface area contributed by atoms with Crippen LogP contribution in [-0.2, 0) is 4.74 Å². The van der Waals surface area contributed by atoms with E-state index >= 15 is 0 Å². The molecule has 2 heterocycles. The average molecular weight is 258 g/mol. The van der Waals surface area contributed by atoms with Crippen molar-refractivity contribution < 1.29 is 18.4 Å². The zero-order valence-electron chi connectivity index (χ0n) is 11.1. The van der Waals surface area contributed by atoms with E-state index in [9.17, 15) is 4.79 Å². The smallest absolute Gasteiger partial charge is 0.342 e. The molecule has 4 nitrogen and oxygen atoms in total. The van der Waals surface area contributed by atoms with Crippen LogP contribution in [0.2, 0.25) is 0 Å². The molecule has 0 amide bonds. The maximum Gasteiger partial charge on any atom is 0.342 e. The van der Waals surface area contributed by atoms with Crippen molar-refractivity contribution in [1.29, 1.82) is 0 Å². The van der Waals surface area contributed by atoms with Crippen LogP contribution in [0.25, 0.3) is 21.9 Å². The van der Waals surface area contributed by atoms with E-state index in [0.717, 1.165) is 22.1 Å². The third-order valence-electron chi connectivity index (χ3n) is 3.13. The number of fused-ring (bicyclic) bond motifs is 3. The van der Waals surface area contributed by atoms with E-state index in [2.05, 4.69) is 0 Å². The van der Waals surface area contributed by atoms with Crippen LogP contribution in [-0.4, -0.2) is 12.6 Å². The Labute approximate surface area is 109 Å². The first-order valence-corrected chi connectivity index (χ1v) is 6.21. The molecule has 0 N–H and O–H groups in total. The number of benzene rings is 1. The van der Waals surface area contributed by atoms with Gasteiger partial charge in [-0.3, -0.25) is 0 Å². The largest absolute Gasteiger partial charge is 0.462 e. The second-order valence-electron chi connectivity index (χ2n) is 4.46. The van der Waals surface area contributed by atoms with Crippen molar-refractivity contribution in [3.63, 3.8) is 0 Å². The van der Waals surface area contributed by atoms with Crippen LogP contribution in [0.15, 0.2) is 27.0 Å². The summed E-state index contributed by atoms with van der Waals surface area (Å²) in [6, 6.07) is 5.58. The number of carbonyl (C=O) groups excluding carboxylic acids is 1. The SMILES string of the molecule is CCOC(=O)c1c(C)oc2ccc3oc(C)cc3c12. The van der Waals surface area contributed by atoms with Gasteiger partial charge in [0.2, 0.25) is 0 Å². The van der Waals surface area contributed by atoms with Crippen molar-refractivity contribution in [2.24, 2.45) is 0 Å². The van der Waals surface area contributed by atoms with Gasteiger partial charge in [-0.15, -0.1) is 0 Å². The lowest BCUT2D eigenvalue weighted by Crippen LogP contribution is -2.05. The van der Waals surface area contributed by atoms with Crippen LogP contribution >= 0.6 is 0 Å². The molecule has 0 aliphatic heterocycles. The highest BCUT2D eigenvalue weighted by atomic mass is 16.5. The normalized spacial score (nSPS) is 11.3. The summed E-state index contributed by atoms with van der Waals surface area (Å²) in [7, 11) is 0. The Morgan fingerprint density at radius 3 is 2.68 bits per heavy atom. The number of carbonyl (C=O) groups is 1. The fraction of sp³-hybridized carbons (Fsp3) is 0.267. The van der Waals surface area contributed by atoms with Crippen LogP contribution in [0.4, 0.5) is 0 Å². The molecule has 3 aromatic rings. The zero-order valence-corrected chi connectivity index (χ0v) is 11.1. The van der Waals surface area contributed by atoms with Crippen LogP contribution < -0.4 is 0 Å². The fourth-order valence-electron chi connectivity index (χ4n) is 2.40. The summed E-state index contributed by atoms with van der Waals surface area (Å²) in [5.41, 5.74) is 1.91. The molecule has 0 spiro atoms. The maximum absolute atomic E-state index is 12.1. The Balaban J connectivity index is 2.39. The number of ether oxygens (including phenoxy) is 1. The summed E-state index contributed by atoms with van der Waals surface area (Å²) in [6.45, 7) is 5.77. The van der Waals surface area contributed by atoms with Crippen molar-refractivity contribution in [3.8, 4) is 0 Å². The molecule has 3 rings (SSSR count). The third kappa shape index (κ3) is 1.71. The highest BCUT2D eigenvalue weighted by molar-refractivity contribution is 6.15. The summed E-state index contributed by atoms with van der Waals surface area (Å²) < 4.78 is 16.3. The Kier molecular flexibility index (Phi) is 2.59. The van der Waals surface area contributed by atoms with Crippen LogP contribution in [0.1, 0.15) is 28.8 Å². The van der Waals surface area contributed by atoms with E-state index in [0.29, 0.717) is 23.5 Å². The minimum absolute atomic E-state index is 0.339. The van der Waals surface area contributed by atoms with Gasteiger partial charge in [0.15, 0.2) is 0 Å². The van der Waals surface area contributed by atoms with Gasteiger partial charge in [0, 0.05) is 10.8 Å². The second-order valence-corrected chi connectivity index (χ2v) is 4.46. The number of esters is 1. The number of hydrogen-bond donors (Lipinski definition) is 0. The number of hydrogen-bond acceptors (Lipinski definition) is 4. The lowest BCUT2D eigenvalue weighted by atomic mass is 10.1. The maximum atomic E-state index is 12.1. The quantitative estimate of drug-likeness (QED) is 0.652. The number of aryl methyl sites for hydroxylation is 2. The molecule has 98 valence electrons. The molecule has 0 aliphatic rings. The van der Waals surface area contributed by atoms with Gasteiger partial charge in [-0.25, -0.2) is 4.79 Å². The molecular weight excluding hydrogens is 244 g/mol. The molecule has 0 unspecified atom stereocenters. The predicted octanol–water partition coefficient (Wildman–Crippen LogP) is 3.97. The Bertz CT molecular complexity index is 776. The molecule has 0 fully saturated rings. The lowest BCUT2D eigenvalue weighted by Gasteiger charge is -2.00. The summed E-state index contributed by atoms with van der Waals surface area (Å²) >= 11 is 0. The number of furan rings is 2. The molecule has 0 radical (unpaired) electrons. The minimum atomic E-state index is -0.356. The summed E-state index contributed by atoms with van der Waals surface area (Å²) in [5, 5.41) is 1.65. The van der Waals surface area contributed by atoms with Gasteiger partial charge >= 0.3 is 5.97 Å². The van der Waals surface area contributed by atoms with E-state index in [4.69, 9.17) is 13.6 Å². The molecule has 2 aromatic heterocycles. The van der Waals surface area contributed by atoms with Gasteiger partial charge in [-0.05, 0) is 39.0 Å². The third-order valence-corrected chi connectivity index (χ3v) is 3.13. The molecule has 19 heavy (non-hydrogen) atoms. The zero-order chi connectivity index (χ0) is 13.6. The average Bonchev–Trinajstić information content (AvgIpc) is 2.87. The number of rotatable bonds is 2. The van der Waals surface area contributed by atoms with Gasteiger partial charge in [0.05, 0.1) is 6.61 Å². The molecule has 4 heteroatoms. The predicted molar refractivity (Wildman–Crippen MR) is 71.4 cm³/mol. The molecule has 0 aliphatic carbocycles. The van der Waals surface area contributed by atoms with Crippen molar-refractivity contribution in [1.82, 2.24) is 0 Å². The summed E-state index contributed by atoms with van der Waals surface area (Å²) in [6.07, 6.45) is 0. The van der Waals surface area contributed by atoms with Crippen LogP contribution in [0.5, 0.6) is 0 Å². The standard InChI is InChI=1S/C15H14O4/c1-4-17-15(16)13-9(3)19-12-6-5-11-10(14(12)13)7-8(2)18-11/h5-7H,4H2,1-3H3. The highest BCUT2D eigenvalue weighted by Crippen LogP contribution is 2.34. The first kappa shape index (κ1) is 11.8. The van der Waals surface area contributed by atoms with Crippen molar-refractivity contribution >= 4 is 27.9 Å². The van der Waals surface area contributed by atoms with Crippen molar-refractivity contribution in [2.45, 2.75) is 20.8 Å². The molecule has 0 saturated heterocycles. The van der Waals surface area contributed by atoms with Gasteiger partial charge in [0.25, 0.3) is 0 Å². The van der Waals surface area contributed by atoms with Crippen LogP contribution in [0, 0.1) is 13.8 Å². The summed E-state index contributed by atoms with van der Waals surface area (Å²) in [5.74, 6) is 1.01. The first-order valence-electron chi connectivity index (χ1n) is 6.21. The van der Waals surface area contributed by atoms with E-state index in [1.165, 1.54) is 0 Å². The molecule has 1 aromatic carbocycles. The van der Waals surface area contributed by atoms with Crippen molar-refractivity contribution in [3.05, 3.63) is 35.3 Å². The molecule has 0 atom stereocenters. The molecule has 0 saturated carbocycles. The molecular formula is C15H14O4. The Hall–Kier alpha value is -2.23. The Morgan fingerprint density at radius 1 is 1.21 bits per heavy atom. The van der Waals surface area contributed by atoms with Gasteiger partial charge in [-0.2, -0.15) is 0 Å². The Morgan fingerprint density at radius 2 is 1.95 bits per heavy atom. The first-order chi connectivity index (χ1) is 9.11. The van der Waals surface area contributed by atoms with Crippen LogP contribution in [0.3, 0.4) is 0 Å². The van der Waals surface area contributed by atoms with Gasteiger partial charge in [-0.1, -0.05) is 0 Å². The van der Waals surface area contributed by atoms with Gasteiger partial charge in [0.1, 0.15) is 28.2 Å². The minimum Gasteiger partial charge on any atom is -0.462 e. The second kappa shape index (κ2) is 4.16. The fourth-order valence-corrected chi connectivity index (χ4v) is 2.40. The van der Waals surface area contributed by atoms with Gasteiger partial charge < -0.3 is 13.6 Å². The van der Waals surface area contributed by atoms with E-state index in [1.54, 1.807) is 13.8 Å². The molecule has 0 bridgehead atoms. The van der Waals surface area contributed by atoms with E-state index in [1.807, 2.05) is 25.1 Å². The summed E-state index contributed by atoms with van der Waals surface area (Å²) in [4.78, 5) is 12.1.